The summed E-state index contributed by atoms with van der Waals surface area (Å²) in [5.41, 5.74) is 4.00. The molecule has 1 heterocycles. The first-order valence-corrected chi connectivity index (χ1v) is 13.7. The van der Waals surface area contributed by atoms with E-state index in [0.717, 1.165) is 22.4 Å². The molecular formula is C31H34N2O6S. The fourth-order valence-electron chi connectivity index (χ4n) is 3.78. The number of benzene rings is 2. The first-order chi connectivity index (χ1) is 19.3. The molecule has 1 atom stereocenters. The van der Waals surface area contributed by atoms with Crippen molar-refractivity contribution in [2.75, 3.05) is 20.3 Å². The third kappa shape index (κ3) is 9.59. The number of hydrogen-bond donors (Lipinski definition) is 1. The molecule has 0 unspecified atom stereocenters. The molecule has 0 aliphatic carbocycles. The van der Waals surface area contributed by atoms with Crippen molar-refractivity contribution in [3.8, 4) is 5.75 Å². The number of ether oxygens (including phenoxy) is 3. The number of methoxy groups -OCH3 is 1. The minimum Gasteiger partial charge on any atom is -0.489 e. The Bertz CT molecular complexity index is 1350. The summed E-state index contributed by atoms with van der Waals surface area (Å²) in [6, 6.07) is 17.0. The van der Waals surface area contributed by atoms with Crippen LogP contribution in [-0.4, -0.2) is 43.0 Å². The predicted octanol–water partition coefficient (Wildman–Crippen LogP) is 5.25. The number of carbonyl (C=O) groups excluding carboxylic acids is 3. The second-order valence-corrected chi connectivity index (χ2v) is 9.94. The Morgan fingerprint density at radius 1 is 1.02 bits per heavy atom. The average molecular weight is 563 g/mol. The van der Waals surface area contributed by atoms with E-state index in [1.54, 1.807) is 19.9 Å². The molecule has 3 aromatic rings. The van der Waals surface area contributed by atoms with Gasteiger partial charge in [0.2, 0.25) is 5.78 Å². The SMILES string of the molecule is CCOC(=O)/C(C)=C\C(C)=C\c1csc([C@H](Cc2ccc(OCc3ccccc3)cc2)NC(=O)C(=O)COC)n1. The third-order valence-electron chi connectivity index (χ3n) is 5.70. The zero-order valence-electron chi connectivity index (χ0n) is 23.1. The highest BCUT2D eigenvalue weighted by Gasteiger charge is 2.22. The largest absolute Gasteiger partial charge is 0.489 e. The second-order valence-electron chi connectivity index (χ2n) is 9.05. The smallest absolute Gasteiger partial charge is 0.333 e. The Kier molecular flexibility index (Phi) is 11.8. The van der Waals surface area contributed by atoms with E-state index in [1.807, 2.05) is 73.0 Å². The van der Waals surface area contributed by atoms with E-state index >= 15 is 0 Å². The van der Waals surface area contributed by atoms with E-state index in [1.165, 1.54) is 18.4 Å². The molecule has 2 aromatic carbocycles. The fourth-order valence-corrected chi connectivity index (χ4v) is 4.61. The molecule has 3 rings (SSSR count). The highest BCUT2D eigenvalue weighted by atomic mass is 32.1. The number of amides is 1. The average Bonchev–Trinajstić information content (AvgIpc) is 3.41. The Labute approximate surface area is 238 Å². The first-order valence-electron chi connectivity index (χ1n) is 12.9. The normalized spacial score (nSPS) is 12.5. The maximum Gasteiger partial charge on any atom is 0.333 e. The van der Waals surface area contributed by atoms with Crippen LogP contribution < -0.4 is 10.1 Å². The van der Waals surface area contributed by atoms with Gasteiger partial charge in [-0.05, 0) is 68.2 Å². The lowest BCUT2D eigenvalue weighted by molar-refractivity contribution is -0.140. The van der Waals surface area contributed by atoms with Crippen LogP contribution in [0.3, 0.4) is 0 Å². The summed E-state index contributed by atoms with van der Waals surface area (Å²) in [5.74, 6) is -1.03. The van der Waals surface area contributed by atoms with E-state index in [4.69, 9.17) is 14.2 Å². The predicted molar refractivity (Wildman–Crippen MR) is 155 cm³/mol. The quantitative estimate of drug-likeness (QED) is 0.124. The highest BCUT2D eigenvalue weighted by molar-refractivity contribution is 7.09. The number of thiazole rings is 1. The van der Waals surface area contributed by atoms with Crippen molar-refractivity contribution in [1.29, 1.82) is 0 Å². The van der Waals surface area contributed by atoms with Crippen molar-refractivity contribution < 1.29 is 28.6 Å². The fraction of sp³-hybridized carbons (Fsp3) is 0.290. The molecule has 0 fully saturated rings. The molecule has 0 radical (unpaired) electrons. The number of hydrogen-bond acceptors (Lipinski definition) is 8. The van der Waals surface area contributed by atoms with Crippen LogP contribution in [0.15, 0.2) is 77.2 Å². The van der Waals surface area contributed by atoms with Gasteiger partial charge in [-0.2, -0.15) is 0 Å². The van der Waals surface area contributed by atoms with E-state index in [-0.39, 0.29) is 12.6 Å². The standard InChI is InChI=1S/C31H34N2O6S/c1-5-38-31(36)22(3)15-21(2)16-25-20-40-30(32-25)27(33-29(35)28(34)19-37-4)17-23-11-13-26(14-12-23)39-18-24-9-7-6-8-10-24/h6-16,20,27H,5,17-19H2,1-4H3,(H,33,35)/b21-16+,22-15-/t27-/m0/s1. The third-order valence-corrected chi connectivity index (χ3v) is 6.68. The van der Waals surface area contributed by atoms with Crippen LogP contribution in [0.4, 0.5) is 0 Å². The zero-order valence-corrected chi connectivity index (χ0v) is 24.0. The van der Waals surface area contributed by atoms with Crippen LogP contribution >= 0.6 is 11.3 Å². The molecule has 40 heavy (non-hydrogen) atoms. The Balaban J connectivity index is 1.75. The summed E-state index contributed by atoms with van der Waals surface area (Å²) in [6.45, 7) is 5.80. The molecule has 8 nitrogen and oxygen atoms in total. The van der Waals surface area contributed by atoms with Gasteiger partial charge in [-0.15, -0.1) is 11.3 Å². The van der Waals surface area contributed by atoms with E-state index < -0.39 is 17.7 Å². The molecule has 1 N–H and O–H groups in total. The molecule has 1 amide bonds. The summed E-state index contributed by atoms with van der Waals surface area (Å²) in [7, 11) is 1.37. The summed E-state index contributed by atoms with van der Waals surface area (Å²) in [5, 5.41) is 5.32. The molecule has 0 bridgehead atoms. The number of ketones is 1. The number of allylic oxidation sites excluding steroid dienone is 2. The summed E-state index contributed by atoms with van der Waals surface area (Å²) in [4.78, 5) is 41.3. The Morgan fingerprint density at radius 2 is 1.75 bits per heavy atom. The number of Topliss-reactive ketones (excluding diaryl/α,β-unsaturated/α-hetero) is 1. The summed E-state index contributed by atoms with van der Waals surface area (Å²) < 4.78 is 15.7. The van der Waals surface area contributed by atoms with Crippen LogP contribution in [0.5, 0.6) is 5.75 Å². The second kappa shape index (κ2) is 15.5. The van der Waals surface area contributed by atoms with Gasteiger partial charge in [-0.1, -0.05) is 42.5 Å². The van der Waals surface area contributed by atoms with Gasteiger partial charge < -0.3 is 19.5 Å². The maximum absolute atomic E-state index is 12.6. The number of esters is 1. The van der Waals surface area contributed by atoms with Crippen molar-refractivity contribution in [3.05, 3.63) is 99.0 Å². The summed E-state index contributed by atoms with van der Waals surface area (Å²) >= 11 is 1.38. The van der Waals surface area contributed by atoms with Gasteiger partial charge in [-0.3, -0.25) is 9.59 Å². The van der Waals surface area contributed by atoms with Gasteiger partial charge in [-0.25, -0.2) is 9.78 Å². The molecule has 0 spiro atoms. The van der Waals surface area contributed by atoms with Crippen molar-refractivity contribution >= 4 is 35.1 Å². The lowest BCUT2D eigenvalue weighted by atomic mass is 10.1. The summed E-state index contributed by atoms with van der Waals surface area (Å²) in [6.07, 6.45) is 4.00. The van der Waals surface area contributed by atoms with Crippen LogP contribution in [-0.2, 0) is 36.9 Å². The molecule has 0 aliphatic rings. The molecular weight excluding hydrogens is 528 g/mol. The van der Waals surface area contributed by atoms with Gasteiger partial charge in [0.15, 0.2) is 0 Å². The van der Waals surface area contributed by atoms with E-state index in [0.29, 0.717) is 35.9 Å². The van der Waals surface area contributed by atoms with Crippen LogP contribution in [0, 0.1) is 0 Å². The minimum absolute atomic E-state index is 0.302. The molecule has 1 aromatic heterocycles. The molecule has 0 saturated carbocycles. The number of nitrogens with zero attached hydrogens (tertiary/aromatic N) is 1. The molecule has 210 valence electrons. The highest BCUT2D eigenvalue weighted by Crippen LogP contribution is 2.25. The number of aromatic nitrogens is 1. The Hall–Kier alpha value is -4.08. The first kappa shape index (κ1) is 30.5. The van der Waals surface area contributed by atoms with Crippen molar-refractivity contribution in [3.63, 3.8) is 0 Å². The lowest BCUT2D eigenvalue weighted by Crippen LogP contribution is -2.37. The van der Waals surface area contributed by atoms with Gasteiger partial charge in [0.25, 0.3) is 5.91 Å². The van der Waals surface area contributed by atoms with E-state index in [9.17, 15) is 14.4 Å². The van der Waals surface area contributed by atoms with Gasteiger partial charge in [0.1, 0.15) is 24.0 Å². The van der Waals surface area contributed by atoms with Gasteiger partial charge >= 0.3 is 5.97 Å². The molecule has 0 saturated heterocycles. The van der Waals surface area contributed by atoms with Crippen molar-refractivity contribution in [1.82, 2.24) is 10.3 Å². The zero-order chi connectivity index (χ0) is 28.9. The lowest BCUT2D eigenvalue weighted by Gasteiger charge is -2.17. The Morgan fingerprint density at radius 3 is 2.42 bits per heavy atom. The van der Waals surface area contributed by atoms with Gasteiger partial charge in [0.05, 0.1) is 18.3 Å². The van der Waals surface area contributed by atoms with Crippen LogP contribution in [0.25, 0.3) is 6.08 Å². The number of carbonyl (C=O) groups is 3. The number of nitrogens with one attached hydrogen (secondary N) is 1. The van der Waals surface area contributed by atoms with Crippen molar-refractivity contribution in [2.45, 2.75) is 39.8 Å². The topological polar surface area (TPSA) is 104 Å². The monoisotopic (exact) mass is 562 g/mol. The molecule has 0 aliphatic heterocycles. The van der Waals surface area contributed by atoms with E-state index in [2.05, 4.69) is 10.3 Å². The van der Waals surface area contributed by atoms with Crippen molar-refractivity contribution in [2.24, 2.45) is 0 Å². The molecule has 9 heteroatoms. The van der Waals surface area contributed by atoms with Crippen LogP contribution in [0.1, 0.15) is 48.6 Å². The minimum atomic E-state index is -0.730. The van der Waals surface area contributed by atoms with Crippen LogP contribution in [0.2, 0.25) is 0 Å². The van der Waals surface area contributed by atoms with Gasteiger partial charge in [0, 0.05) is 18.1 Å². The number of rotatable bonds is 14. The maximum atomic E-state index is 12.6.